The predicted molar refractivity (Wildman–Crippen MR) is 121 cm³/mol. The molecule has 3 aromatic rings. The first-order valence-corrected chi connectivity index (χ1v) is 11.1. The van der Waals surface area contributed by atoms with Crippen molar-refractivity contribution in [1.29, 1.82) is 0 Å². The Morgan fingerprint density at radius 2 is 1.55 bits per heavy atom. The van der Waals surface area contributed by atoms with E-state index in [1.807, 2.05) is 30.3 Å². The molecule has 0 atom stereocenters. The van der Waals surface area contributed by atoms with Crippen LogP contribution in [0.1, 0.15) is 59.2 Å². The molecule has 0 aliphatic heterocycles. The number of benzene rings is 2. The summed E-state index contributed by atoms with van der Waals surface area (Å²) in [7, 11) is 0. The molecule has 0 aliphatic rings. The fourth-order valence-corrected chi connectivity index (χ4v) is 3.54. The van der Waals surface area contributed by atoms with E-state index in [0.717, 1.165) is 42.5 Å². The van der Waals surface area contributed by atoms with Gasteiger partial charge in [0, 0.05) is 19.6 Å². The van der Waals surface area contributed by atoms with Crippen LogP contribution in [0.2, 0.25) is 0 Å². The van der Waals surface area contributed by atoms with Gasteiger partial charge in [-0.05, 0) is 41.8 Å². The zero-order valence-electron chi connectivity index (χ0n) is 18.7. The summed E-state index contributed by atoms with van der Waals surface area (Å²) in [5.41, 5.74) is 1.17. The first-order valence-electron chi connectivity index (χ1n) is 11.1. The summed E-state index contributed by atoms with van der Waals surface area (Å²) in [4.78, 5) is 14.4. The lowest BCUT2D eigenvalue weighted by atomic mass is 10.1. The molecule has 0 spiro atoms. The van der Waals surface area contributed by atoms with E-state index in [-0.39, 0.29) is 11.7 Å². The molecule has 2 aromatic carbocycles. The molecule has 1 aromatic heterocycles. The van der Waals surface area contributed by atoms with Crippen LogP contribution in [0.15, 0.2) is 71.1 Å². The molecule has 1 heterocycles. The molecule has 0 unspecified atom stereocenters. The number of nitrogens with zero attached hydrogens (tertiary/aromatic N) is 1. The zero-order chi connectivity index (χ0) is 23.7. The van der Waals surface area contributed by atoms with E-state index in [1.54, 1.807) is 12.1 Å². The van der Waals surface area contributed by atoms with Gasteiger partial charge in [-0.1, -0.05) is 62.2 Å². The van der Waals surface area contributed by atoms with Gasteiger partial charge in [0.25, 0.3) is 5.91 Å². The largest absolute Gasteiger partial charge is 0.455 e. The van der Waals surface area contributed by atoms with Crippen molar-refractivity contribution >= 4 is 5.91 Å². The summed E-state index contributed by atoms with van der Waals surface area (Å²) >= 11 is 0. The van der Waals surface area contributed by atoms with Gasteiger partial charge in [0.15, 0.2) is 5.76 Å². The summed E-state index contributed by atoms with van der Waals surface area (Å²) in [6.45, 7) is 4.15. The Balaban J connectivity index is 1.68. The number of amides is 1. The molecule has 1 amide bonds. The third-order valence-electron chi connectivity index (χ3n) is 5.27. The number of carbonyl (C=O) groups is 1. The molecule has 0 saturated heterocycles. The maximum absolute atomic E-state index is 12.9. The molecule has 0 fully saturated rings. The summed E-state index contributed by atoms with van der Waals surface area (Å²) in [5.74, 6) is 0.641. The van der Waals surface area contributed by atoms with E-state index >= 15 is 0 Å². The normalized spacial score (nSPS) is 11.7. The van der Waals surface area contributed by atoms with Crippen molar-refractivity contribution in [3.8, 4) is 0 Å². The fourth-order valence-electron chi connectivity index (χ4n) is 3.54. The number of hydrogen-bond donors (Lipinski definition) is 1. The van der Waals surface area contributed by atoms with Crippen molar-refractivity contribution in [2.24, 2.45) is 0 Å². The molecule has 33 heavy (non-hydrogen) atoms. The van der Waals surface area contributed by atoms with Gasteiger partial charge >= 0.3 is 6.18 Å². The van der Waals surface area contributed by atoms with E-state index in [0.29, 0.717) is 31.9 Å². The molecule has 3 rings (SSSR count). The van der Waals surface area contributed by atoms with E-state index < -0.39 is 11.7 Å². The maximum atomic E-state index is 12.9. The third kappa shape index (κ3) is 7.79. The lowest BCUT2D eigenvalue weighted by Gasteiger charge is -2.22. The van der Waals surface area contributed by atoms with E-state index in [9.17, 15) is 18.0 Å². The summed E-state index contributed by atoms with van der Waals surface area (Å²) in [6.07, 6.45) is -1.29. The zero-order valence-corrected chi connectivity index (χ0v) is 18.7. The Hall–Kier alpha value is -3.06. The molecule has 7 heteroatoms. The standard InChI is InChI=1S/C26H29F3N2O2/c1-2-3-7-16-30-25(32)24-15-14-23(33-24)19-31(17-20-8-5-4-6-9-20)18-21-10-12-22(13-11-21)26(27,28)29/h4-6,8-15H,2-3,7,16-19H2,1H3,(H,30,32). The van der Waals surface area contributed by atoms with Gasteiger partial charge in [-0.3, -0.25) is 9.69 Å². The molecule has 0 aliphatic carbocycles. The second-order valence-electron chi connectivity index (χ2n) is 8.05. The molecular weight excluding hydrogens is 429 g/mol. The topological polar surface area (TPSA) is 45.5 Å². The van der Waals surface area contributed by atoms with Gasteiger partial charge < -0.3 is 9.73 Å². The minimum absolute atomic E-state index is 0.241. The predicted octanol–water partition coefficient (Wildman–Crippen LogP) is 6.42. The fraction of sp³-hybridized carbons (Fsp3) is 0.346. The van der Waals surface area contributed by atoms with Crippen molar-refractivity contribution in [3.63, 3.8) is 0 Å². The van der Waals surface area contributed by atoms with Gasteiger partial charge in [0.2, 0.25) is 0 Å². The van der Waals surface area contributed by atoms with Gasteiger partial charge in [-0.15, -0.1) is 0 Å². The molecule has 1 N–H and O–H groups in total. The number of halogens is 3. The number of nitrogens with one attached hydrogen (secondary N) is 1. The highest BCUT2D eigenvalue weighted by Gasteiger charge is 2.30. The average molecular weight is 459 g/mol. The smallest absolute Gasteiger partial charge is 0.416 e. The maximum Gasteiger partial charge on any atom is 0.416 e. The Bertz CT molecular complexity index is 998. The Kier molecular flexibility index (Phi) is 8.72. The molecule has 0 bridgehead atoms. The lowest BCUT2D eigenvalue weighted by molar-refractivity contribution is -0.137. The number of furan rings is 1. The summed E-state index contributed by atoms with van der Waals surface area (Å²) in [5, 5.41) is 2.86. The number of rotatable bonds is 11. The van der Waals surface area contributed by atoms with Crippen LogP contribution in [-0.2, 0) is 25.8 Å². The van der Waals surface area contributed by atoms with Gasteiger partial charge in [-0.2, -0.15) is 13.2 Å². The number of hydrogen-bond acceptors (Lipinski definition) is 3. The first-order chi connectivity index (χ1) is 15.8. The second-order valence-corrected chi connectivity index (χ2v) is 8.05. The minimum atomic E-state index is -4.36. The number of alkyl halides is 3. The highest BCUT2D eigenvalue weighted by molar-refractivity contribution is 5.91. The van der Waals surface area contributed by atoms with Crippen LogP contribution < -0.4 is 5.32 Å². The van der Waals surface area contributed by atoms with Crippen molar-refractivity contribution in [1.82, 2.24) is 10.2 Å². The molecule has 176 valence electrons. The Morgan fingerprint density at radius 1 is 0.879 bits per heavy atom. The van der Waals surface area contributed by atoms with Crippen LogP contribution in [0.25, 0.3) is 0 Å². The third-order valence-corrected chi connectivity index (χ3v) is 5.27. The summed E-state index contributed by atoms with van der Waals surface area (Å²) in [6, 6.07) is 18.4. The van der Waals surface area contributed by atoms with Crippen LogP contribution in [0.4, 0.5) is 13.2 Å². The quantitative estimate of drug-likeness (QED) is 0.337. The van der Waals surface area contributed by atoms with Crippen LogP contribution in [0.3, 0.4) is 0 Å². The highest BCUT2D eigenvalue weighted by atomic mass is 19.4. The summed E-state index contributed by atoms with van der Waals surface area (Å²) < 4.78 is 44.4. The van der Waals surface area contributed by atoms with Crippen molar-refractivity contribution < 1.29 is 22.4 Å². The molecule has 0 saturated carbocycles. The number of carbonyl (C=O) groups excluding carboxylic acids is 1. The molecule has 0 radical (unpaired) electrons. The Labute approximate surface area is 192 Å². The van der Waals surface area contributed by atoms with Crippen LogP contribution in [-0.4, -0.2) is 17.4 Å². The van der Waals surface area contributed by atoms with E-state index in [1.165, 1.54) is 12.1 Å². The average Bonchev–Trinajstić information content (AvgIpc) is 3.25. The monoisotopic (exact) mass is 458 g/mol. The van der Waals surface area contributed by atoms with Crippen LogP contribution >= 0.6 is 0 Å². The van der Waals surface area contributed by atoms with Crippen molar-refractivity contribution in [2.75, 3.05) is 6.54 Å². The second kappa shape index (κ2) is 11.7. The van der Waals surface area contributed by atoms with Crippen LogP contribution in [0.5, 0.6) is 0 Å². The van der Waals surface area contributed by atoms with Crippen molar-refractivity contribution in [2.45, 2.75) is 52.0 Å². The Morgan fingerprint density at radius 3 is 2.18 bits per heavy atom. The highest BCUT2D eigenvalue weighted by Crippen LogP contribution is 2.29. The van der Waals surface area contributed by atoms with Gasteiger partial charge in [0.05, 0.1) is 12.1 Å². The van der Waals surface area contributed by atoms with Crippen molar-refractivity contribution in [3.05, 3.63) is 94.9 Å². The van der Waals surface area contributed by atoms with E-state index in [2.05, 4.69) is 17.1 Å². The SMILES string of the molecule is CCCCCNC(=O)c1ccc(CN(Cc2ccccc2)Cc2ccc(C(F)(F)F)cc2)o1. The van der Waals surface area contributed by atoms with Gasteiger partial charge in [0.1, 0.15) is 5.76 Å². The minimum Gasteiger partial charge on any atom is -0.455 e. The van der Waals surface area contributed by atoms with Crippen LogP contribution in [0, 0.1) is 0 Å². The molecular formula is C26H29F3N2O2. The lowest BCUT2D eigenvalue weighted by Crippen LogP contribution is -2.24. The van der Waals surface area contributed by atoms with E-state index in [4.69, 9.17) is 4.42 Å². The van der Waals surface area contributed by atoms with Gasteiger partial charge in [-0.25, -0.2) is 0 Å². The molecule has 4 nitrogen and oxygen atoms in total. The number of unbranched alkanes of at least 4 members (excludes halogenated alkanes) is 2. The first kappa shape index (κ1) is 24.6.